The summed E-state index contributed by atoms with van der Waals surface area (Å²) in [4.78, 5) is 10.9. The number of esters is 1. The molecule has 0 saturated carbocycles. The molecular formula is C13H15F3O2. The second-order valence-corrected chi connectivity index (χ2v) is 3.28. The van der Waals surface area contributed by atoms with Gasteiger partial charge in [-0.25, -0.2) is 4.79 Å². The molecule has 0 heterocycles. The van der Waals surface area contributed by atoms with Crippen LogP contribution in [0.2, 0.25) is 0 Å². The number of hydrogen-bond acceptors (Lipinski definition) is 2. The molecule has 2 nitrogen and oxygen atoms in total. The van der Waals surface area contributed by atoms with E-state index in [2.05, 4.69) is 0 Å². The van der Waals surface area contributed by atoms with E-state index in [0.717, 1.165) is 5.56 Å². The standard InChI is InChI=1S/C11H12O2.C2H3F3/c1-2-13-11(12)9-8-10-6-4-3-5-7-10;1-2(3,4)5/h3-9H,2H2,1H3;1H3/b9-8+;. The second-order valence-electron chi connectivity index (χ2n) is 3.28. The Balaban J connectivity index is 0.000000494. The molecular weight excluding hydrogens is 245 g/mol. The molecule has 0 N–H and O–H groups in total. The van der Waals surface area contributed by atoms with Gasteiger partial charge >= 0.3 is 12.1 Å². The van der Waals surface area contributed by atoms with Crippen molar-refractivity contribution in [2.45, 2.75) is 20.0 Å². The highest BCUT2D eigenvalue weighted by Gasteiger charge is 2.15. The van der Waals surface area contributed by atoms with Crippen LogP contribution < -0.4 is 0 Å². The van der Waals surface area contributed by atoms with Crippen molar-refractivity contribution < 1.29 is 22.7 Å². The Morgan fingerprint density at radius 3 is 2.22 bits per heavy atom. The summed E-state index contributed by atoms with van der Waals surface area (Å²) in [5.41, 5.74) is 0.996. The van der Waals surface area contributed by atoms with Crippen molar-refractivity contribution in [2.24, 2.45) is 0 Å². The Labute approximate surface area is 104 Å². The minimum atomic E-state index is -4.00. The average molecular weight is 260 g/mol. The number of alkyl halides is 3. The second kappa shape index (κ2) is 8.33. The van der Waals surface area contributed by atoms with Crippen LogP contribution >= 0.6 is 0 Å². The van der Waals surface area contributed by atoms with Gasteiger partial charge in [0, 0.05) is 13.0 Å². The number of carbonyl (C=O) groups is 1. The summed E-state index contributed by atoms with van der Waals surface area (Å²) in [6.07, 6.45) is -0.836. The predicted molar refractivity (Wildman–Crippen MR) is 63.8 cm³/mol. The first-order valence-corrected chi connectivity index (χ1v) is 5.29. The molecule has 100 valence electrons. The lowest BCUT2D eigenvalue weighted by molar-refractivity contribution is -0.137. The Hall–Kier alpha value is -1.78. The largest absolute Gasteiger partial charge is 0.463 e. The van der Waals surface area contributed by atoms with E-state index < -0.39 is 6.18 Å². The number of ether oxygens (including phenoxy) is 1. The molecule has 18 heavy (non-hydrogen) atoms. The van der Waals surface area contributed by atoms with Gasteiger partial charge in [-0.05, 0) is 18.6 Å². The Morgan fingerprint density at radius 1 is 1.28 bits per heavy atom. The van der Waals surface area contributed by atoms with Gasteiger partial charge in [-0.1, -0.05) is 30.3 Å². The molecule has 5 heteroatoms. The number of halogens is 3. The van der Waals surface area contributed by atoms with Crippen molar-refractivity contribution in [1.82, 2.24) is 0 Å². The molecule has 1 rings (SSSR count). The summed E-state index contributed by atoms with van der Waals surface area (Å²) >= 11 is 0. The first kappa shape index (κ1) is 16.2. The molecule has 0 bridgehead atoms. The quantitative estimate of drug-likeness (QED) is 0.610. The average Bonchev–Trinajstić information content (AvgIpc) is 2.26. The normalized spacial score (nSPS) is 10.7. The molecule has 0 aliphatic heterocycles. The van der Waals surface area contributed by atoms with Crippen molar-refractivity contribution in [3.05, 3.63) is 42.0 Å². The number of benzene rings is 1. The van der Waals surface area contributed by atoms with Gasteiger partial charge in [-0.2, -0.15) is 13.2 Å². The molecule has 1 aromatic carbocycles. The third-order valence-corrected chi connectivity index (χ3v) is 1.50. The van der Waals surface area contributed by atoms with Gasteiger partial charge in [0.25, 0.3) is 0 Å². The maximum absolute atomic E-state index is 10.9. The molecule has 0 atom stereocenters. The van der Waals surface area contributed by atoms with Crippen LogP contribution in [-0.2, 0) is 9.53 Å². The summed E-state index contributed by atoms with van der Waals surface area (Å²) in [6.45, 7) is 2.39. The number of hydrogen-bond donors (Lipinski definition) is 0. The van der Waals surface area contributed by atoms with Gasteiger partial charge in [0.15, 0.2) is 0 Å². The van der Waals surface area contributed by atoms with E-state index in [4.69, 9.17) is 4.74 Å². The van der Waals surface area contributed by atoms with Gasteiger partial charge < -0.3 is 4.74 Å². The number of rotatable bonds is 3. The van der Waals surface area contributed by atoms with Crippen molar-refractivity contribution >= 4 is 12.0 Å². The van der Waals surface area contributed by atoms with Gasteiger partial charge in [0.1, 0.15) is 0 Å². The van der Waals surface area contributed by atoms with Crippen LogP contribution in [0, 0.1) is 0 Å². The fraction of sp³-hybridized carbons (Fsp3) is 0.308. The predicted octanol–water partition coefficient (Wildman–Crippen LogP) is 3.83. The summed E-state index contributed by atoms with van der Waals surface area (Å²) in [6, 6.07) is 9.63. The van der Waals surface area contributed by atoms with E-state index in [9.17, 15) is 18.0 Å². The fourth-order valence-corrected chi connectivity index (χ4v) is 0.919. The van der Waals surface area contributed by atoms with Gasteiger partial charge in [-0.15, -0.1) is 0 Å². The maximum atomic E-state index is 10.9. The Kier molecular flexibility index (Phi) is 7.51. The van der Waals surface area contributed by atoms with Crippen LogP contribution in [0.3, 0.4) is 0 Å². The highest BCUT2D eigenvalue weighted by Crippen LogP contribution is 2.10. The van der Waals surface area contributed by atoms with Crippen LogP contribution in [-0.4, -0.2) is 18.8 Å². The first-order valence-electron chi connectivity index (χ1n) is 5.29. The minimum absolute atomic E-state index is 0.188. The van der Waals surface area contributed by atoms with E-state index in [1.807, 2.05) is 30.3 Å². The molecule has 0 saturated heterocycles. The molecule has 0 radical (unpaired) electrons. The summed E-state index contributed by atoms with van der Waals surface area (Å²) in [5, 5.41) is 0. The SMILES string of the molecule is CC(F)(F)F.CCOC(=O)/C=C/c1ccccc1. The first-order chi connectivity index (χ1) is 8.33. The third-order valence-electron chi connectivity index (χ3n) is 1.50. The van der Waals surface area contributed by atoms with Crippen LogP contribution in [0.15, 0.2) is 36.4 Å². The zero-order chi connectivity index (χ0) is 14.0. The van der Waals surface area contributed by atoms with Crippen molar-refractivity contribution in [3.8, 4) is 0 Å². The molecule has 0 amide bonds. The van der Waals surface area contributed by atoms with Crippen molar-refractivity contribution in [1.29, 1.82) is 0 Å². The monoisotopic (exact) mass is 260 g/mol. The fourth-order valence-electron chi connectivity index (χ4n) is 0.919. The smallest absolute Gasteiger partial charge is 0.386 e. The van der Waals surface area contributed by atoms with Crippen molar-refractivity contribution in [3.63, 3.8) is 0 Å². The van der Waals surface area contributed by atoms with E-state index in [-0.39, 0.29) is 12.9 Å². The van der Waals surface area contributed by atoms with Crippen LogP contribution in [0.1, 0.15) is 19.4 Å². The van der Waals surface area contributed by atoms with Crippen LogP contribution in [0.5, 0.6) is 0 Å². The minimum Gasteiger partial charge on any atom is -0.463 e. The molecule has 0 aliphatic rings. The number of carbonyl (C=O) groups excluding carboxylic acids is 1. The van der Waals surface area contributed by atoms with E-state index >= 15 is 0 Å². The molecule has 0 aromatic heterocycles. The molecule has 0 aliphatic carbocycles. The topological polar surface area (TPSA) is 26.3 Å². The molecule has 0 fully saturated rings. The highest BCUT2D eigenvalue weighted by atomic mass is 19.4. The zero-order valence-corrected chi connectivity index (χ0v) is 10.2. The maximum Gasteiger partial charge on any atom is 0.386 e. The van der Waals surface area contributed by atoms with E-state index in [1.54, 1.807) is 13.0 Å². The molecule has 0 unspecified atom stereocenters. The van der Waals surface area contributed by atoms with Crippen molar-refractivity contribution in [2.75, 3.05) is 6.61 Å². The van der Waals surface area contributed by atoms with Gasteiger partial charge in [-0.3, -0.25) is 0 Å². The lowest BCUT2D eigenvalue weighted by Gasteiger charge is -1.94. The lowest BCUT2D eigenvalue weighted by Crippen LogP contribution is -1.98. The summed E-state index contributed by atoms with van der Waals surface area (Å²) < 4.78 is 35.8. The highest BCUT2D eigenvalue weighted by molar-refractivity contribution is 5.86. The summed E-state index contributed by atoms with van der Waals surface area (Å²) in [7, 11) is 0. The Bertz CT molecular complexity index is 364. The van der Waals surface area contributed by atoms with Gasteiger partial charge in [0.05, 0.1) is 6.61 Å². The lowest BCUT2D eigenvalue weighted by atomic mass is 10.2. The van der Waals surface area contributed by atoms with E-state index in [1.165, 1.54) is 6.08 Å². The Morgan fingerprint density at radius 2 is 1.78 bits per heavy atom. The van der Waals surface area contributed by atoms with Crippen LogP contribution in [0.4, 0.5) is 13.2 Å². The molecule has 0 spiro atoms. The summed E-state index contributed by atoms with van der Waals surface area (Å²) in [5.74, 6) is -0.300. The zero-order valence-electron chi connectivity index (χ0n) is 10.2. The third kappa shape index (κ3) is 12.3. The van der Waals surface area contributed by atoms with Crippen LogP contribution in [0.25, 0.3) is 6.08 Å². The van der Waals surface area contributed by atoms with Gasteiger partial charge in [0.2, 0.25) is 0 Å². The van der Waals surface area contributed by atoms with E-state index in [0.29, 0.717) is 6.61 Å². The molecule has 1 aromatic rings.